The zero-order valence-electron chi connectivity index (χ0n) is 11.6. The molecule has 1 aromatic carbocycles. The Kier molecular flexibility index (Phi) is 4.04. The summed E-state index contributed by atoms with van der Waals surface area (Å²) in [5.74, 6) is -0.683. The molecule has 1 aliphatic heterocycles. The van der Waals surface area contributed by atoms with E-state index in [1.54, 1.807) is 31.2 Å². The second-order valence-corrected chi connectivity index (χ2v) is 7.42. The minimum Gasteiger partial charge on any atom is -0.480 e. The normalized spacial score (nSPS) is 23.0. The Balaban J connectivity index is 2.29. The van der Waals surface area contributed by atoms with Crippen LogP contribution in [0.25, 0.3) is 0 Å². The van der Waals surface area contributed by atoms with Gasteiger partial charge in [0.2, 0.25) is 0 Å². The van der Waals surface area contributed by atoms with Crippen LogP contribution in [0.2, 0.25) is 0 Å². The summed E-state index contributed by atoms with van der Waals surface area (Å²) >= 11 is 0. The molecular formula is C14H19NO4S. The maximum absolute atomic E-state index is 11.8. The molecule has 20 heavy (non-hydrogen) atoms. The van der Waals surface area contributed by atoms with Crippen LogP contribution in [0.3, 0.4) is 0 Å². The summed E-state index contributed by atoms with van der Waals surface area (Å²) in [6.07, 6.45) is 0.825. The van der Waals surface area contributed by atoms with Gasteiger partial charge >= 0.3 is 5.97 Å². The lowest BCUT2D eigenvalue weighted by molar-refractivity contribution is -0.139. The van der Waals surface area contributed by atoms with E-state index in [9.17, 15) is 18.3 Å². The van der Waals surface area contributed by atoms with E-state index in [-0.39, 0.29) is 16.6 Å². The first-order valence-corrected chi connectivity index (χ1v) is 8.34. The van der Waals surface area contributed by atoms with Crippen molar-refractivity contribution in [2.24, 2.45) is 5.92 Å². The predicted molar refractivity (Wildman–Crippen MR) is 76.7 cm³/mol. The smallest absolute Gasteiger partial charge is 0.326 e. The van der Waals surface area contributed by atoms with Crippen molar-refractivity contribution in [1.82, 2.24) is 0 Å². The summed E-state index contributed by atoms with van der Waals surface area (Å²) in [6, 6.07) is 5.95. The topological polar surface area (TPSA) is 74.7 Å². The third-order valence-electron chi connectivity index (χ3n) is 3.86. The van der Waals surface area contributed by atoms with Crippen LogP contribution in [0.5, 0.6) is 0 Å². The zero-order chi connectivity index (χ0) is 14.9. The number of nitrogens with zero attached hydrogens (tertiary/aromatic N) is 1. The molecule has 1 heterocycles. The van der Waals surface area contributed by atoms with E-state index in [1.807, 2.05) is 11.8 Å². The number of carboxylic acid groups (broad SMARTS) is 1. The number of rotatable bonds is 4. The molecule has 0 radical (unpaired) electrons. The van der Waals surface area contributed by atoms with Crippen molar-refractivity contribution in [1.29, 1.82) is 0 Å². The Hall–Kier alpha value is -1.56. The average molecular weight is 297 g/mol. The lowest BCUT2D eigenvalue weighted by atomic mass is 10.0. The minimum atomic E-state index is -3.21. The standard InChI is InChI=1S/C14H19NO4S/c1-3-20(18,19)12-6-4-11(5-7-12)15-9-8-10(2)13(15)14(16)17/h4-7,10,13H,3,8-9H2,1-2H3,(H,16,17). The Labute approximate surface area is 119 Å². The van der Waals surface area contributed by atoms with Crippen molar-refractivity contribution in [3.63, 3.8) is 0 Å². The number of anilines is 1. The Bertz CT molecular complexity index is 594. The molecular weight excluding hydrogens is 278 g/mol. The van der Waals surface area contributed by atoms with Crippen molar-refractivity contribution in [3.8, 4) is 0 Å². The predicted octanol–water partition coefficient (Wildman–Crippen LogP) is 1.78. The highest BCUT2D eigenvalue weighted by Crippen LogP contribution is 2.30. The van der Waals surface area contributed by atoms with Gasteiger partial charge in [0.1, 0.15) is 6.04 Å². The van der Waals surface area contributed by atoms with Gasteiger partial charge in [0.05, 0.1) is 10.6 Å². The van der Waals surface area contributed by atoms with E-state index in [1.165, 1.54) is 0 Å². The Morgan fingerprint density at radius 3 is 2.45 bits per heavy atom. The first-order chi connectivity index (χ1) is 9.36. The van der Waals surface area contributed by atoms with E-state index >= 15 is 0 Å². The molecule has 0 spiro atoms. The van der Waals surface area contributed by atoms with Crippen LogP contribution in [0.1, 0.15) is 20.3 Å². The van der Waals surface area contributed by atoms with Gasteiger partial charge in [-0.3, -0.25) is 0 Å². The van der Waals surface area contributed by atoms with Crippen molar-refractivity contribution in [3.05, 3.63) is 24.3 Å². The second-order valence-electron chi connectivity index (χ2n) is 5.14. The molecule has 2 unspecified atom stereocenters. The van der Waals surface area contributed by atoms with Gasteiger partial charge in [-0.2, -0.15) is 0 Å². The van der Waals surface area contributed by atoms with E-state index in [0.29, 0.717) is 6.54 Å². The molecule has 1 aromatic rings. The highest BCUT2D eigenvalue weighted by molar-refractivity contribution is 7.91. The number of carbonyl (C=O) groups is 1. The first kappa shape index (κ1) is 14.8. The SMILES string of the molecule is CCS(=O)(=O)c1ccc(N2CCC(C)C2C(=O)O)cc1. The highest BCUT2D eigenvalue weighted by atomic mass is 32.2. The summed E-state index contributed by atoms with van der Waals surface area (Å²) in [7, 11) is -3.21. The number of hydrogen-bond acceptors (Lipinski definition) is 4. The Morgan fingerprint density at radius 2 is 1.95 bits per heavy atom. The lowest BCUT2D eigenvalue weighted by Gasteiger charge is -2.25. The van der Waals surface area contributed by atoms with Gasteiger partial charge in [-0.15, -0.1) is 0 Å². The third kappa shape index (κ3) is 2.65. The van der Waals surface area contributed by atoms with Gasteiger partial charge < -0.3 is 10.0 Å². The molecule has 110 valence electrons. The van der Waals surface area contributed by atoms with Crippen LogP contribution in [0, 0.1) is 5.92 Å². The van der Waals surface area contributed by atoms with Gasteiger partial charge in [-0.05, 0) is 36.6 Å². The number of hydrogen-bond donors (Lipinski definition) is 1. The van der Waals surface area contributed by atoms with Crippen LogP contribution in [-0.4, -0.2) is 37.8 Å². The van der Waals surface area contributed by atoms with E-state index in [2.05, 4.69) is 0 Å². The summed E-state index contributed by atoms with van der Waals surface area (Å²) in [5, 5.41) is 9.30. The van der Waals surface area contributed by atoms with Crippen LogP contribution in [-0.2, 0) is 14.6 Å². The number of benzene rings is 1. The van der Waals surface area contributed by atoms with Crippen LogP contribution >= 0.6 is 0 Å². The molecule has 5 nitrogen and oxygen atoms in total. The van der Waals surface area contributed by atoms with Crippen molar-refractivity contribution < 1.29 is 18.3 Å². The lowest BCUT2D eigenvalue weighted by Crippen LogP contribution is -2.39. The third-order valence-corrected chi connectivity index (χ3v) is 5.61. The second kappa shape index (κ2) is 5.44. The summed E-state index contributed by atoms with van der Waals surface area (Å²) in [6.45, 7) is 4.21. The fourth-order valence-corrected chi connectivity index (χ4v) is 3.51. The number of carboxylic acids is 1. The molecule has 1 saturated heterocycles. The molecule has 2 atom stereocenters. The fraction of sp³-hybridized carbons (Fsp3) is 0.500. The number of sulfone groups is 1. The van der Waals surface area contributed by atoms with Crippen LogP contribution in [0.4, 0.5) is 5.69 Å². The quantitative estimate of drug-likeness (QED) is 0.917. The van der Waals surface area contributed by atoms with E-state index < -0.39 is 21.8 Å². The van der Waals surface area contributed by atoms with Gasteiger partial charge in [-0.1, -0.05) is 13.8 Å². The average Bonchev–Trinajstić information content (AvgIpc) is 2.81. The molecule has 0 saturated carbocycles. The minimum absolute atomic E-state index is 0.0604. The summed E-state index contributed by atoms with van der Waals surface area (Å²) < 4.78 is 23.5. The van der Waals surface area contributed by atoms with Crippen LogP contribution in [0.15, 0.2) is 29.2 Å². The maximum atomic E-state index is 11.8. The summed E-state index contributed by atoms with van der Waals surface area (Å²) in [5.41, 5.74) is 0.761. The Morgan fingerprint density at radius 1 is 1.35 bits per heavy atom. The molecule has 1 N–H and O–H groups in total. The number of aliphatic carboxylic acids is 1. The largest absolute Gasteiger partial charge is 0.480 e. The van der Waals surface area contributed by atoms with E-state index in [0.717, 1.165) is 12.1 Å². The molecule has 0 aliphatic carbocycles. The van der Waals surface area contributed by atoms with Gasteiger partial charge in [0, 0.05) is 12.2 Å². The highest BCUT2D eigenvalue weighted by Gasteiger charge is 2.36. The summed E-state index contributed by atoms with van der Waals surface area (Å²) in [4.78, 5) is 13.4. The zero-order valence-corrected chi connectivity index (χ0v) is 12.4. The van der Waals surface area contributed by atoms with Gasteiger partial charge in [0.15, 0.2) is 9.84 Å². The maximum Gasteiger partial charge on any atom is 0.326 e. The van der Waals surface area contributed by atoms with Crippen molar-refractivity contribution in [2.45, 2.75) is 31.2 Å². The molecule has 0 aromatic heterocycles. The molecule has 2 rings (SSSR count). The monoisotopic (exact) mass is 297 g/mol. The molecule has 1 fully saturated rings. The van der Waals surface area contributed by atoms with Crippen molar-refractivity contribution in [2.75, 3.05) is 17.2 Å². The van der Waals surface area contributed by atoms with Crippen molar-refractivity contribution >= 4 is 21.5 Å². The molecule has 1 aliphatic rings. The molecule has 0 bridgehead atoms. The van der Waals surface area contributed by atoms with Gasteiger partial charge in [-0.25, -0.2) is 13.2 Å². The first-order valence-electron chi connectivity index (χ1n) is 6.69. The van der Waals surface area contributed by atoms with E-state index in [4.69, 9.17) is 0 Å². The molecule has 0 amide bonds. The fourth-order valence-electron chi connectivity index (χ4n) is 2.62. The molecule has 6 heteroatoms. The van der Waals surface area contributed by atoms with Gasteiger partial charge in [0.25, 0.3) is 0 Å². The van der Waals surface area contributed by atoms with Crippen LogP contribution < -0.4 is 4.90 Å².